The van der Waals surface area contributed by atoms with Crippen LogP contribution in [0.25, 0.3) is 0 Å². The van der Waals surface area contributed by atoms with Crippen molar-refractivity contribution < 1.29 is 4.79 Å². The van der Waals surface area contributed by atoms with Crippen LogP contribution >= 0.6 is 0 Å². The van der Waals surface area contributed by atoms with Gasteiger partial charge in [0.1, 0.15) is 0 Å². The van der Waals surface area contributed by atoms with Gasteiger partial charge in [0, 0.05) is 0 Å². The smallest absolute Gasteiger partial charge is 0.246 e. The largest absolute Gasteiger partial charge is 0.346 e. The van der Waals surface area contributed by atoms with Crippen LogP contribution in [0, 0.1) is 22.9 Å². The molecule has 1 fully saturated rings. The van der Waals surface area contributed by atoms with E-state index < -0.39 is 6.03 Å². The van der Waals surface area contributed by atoms with Crippen LogP contribution in [0.2, 0.25) is 0 Å². The van der Waals surface area contributed by atoms with Gasteiger partial charge in [0.15, 0.2) is 12.4 Å². The van der Waals surface area contributed by atoms with Crippen LogP contribution < -0.4 is 0 Å². The van der Waals surface area contributed by atoms with E-state index in [0.29, 0.717) is 13.1 Å². The third-order valence-corrected chi connectivity index (χ3v) is 1.25. The zero-order chi connectivity index (χ0) is 7.56. The lowest BCUT2D eigenvalue weighted by molar-refractivity contribution is 0.216. The summed E-state index contributed by atoms with van der Waals surface area (Å²) in [7, 11) is 0. The Kier molecular flexibility index (Phi) is 1.43. The maximum absolute atomic E-state index is 10.8. The minimum Gasteiger partial charge on any atom is -0.246 e. The number of nitrogens with zero attached hydrogens (tertiary/aromatic N) is 4. The fourth-order valence-corrected chi connectivity index (χ4v) is 0.723. The van der Waals surface area contributed by atoms with Crippen molar-refractivity contribution in [3.8, 4) is 12.4 Å². The van der Waals surface area contributed by atoms with E-state index in [1.165, 1.54) is 0 Å². The van der Waals surface area contributed by atoms with Gasteiger partial charge in [-0.3, -0.25) is 0 Å². The first-order valence-corrected chi connectivity index (χ1v) is 2.68. The van der Waals surface area contributed by atoms with E-state index in [2.05, 4.69) is 0 Å². The molecular formula is C5H4N4O. The van der Waals surface area contributed by atoms with Gasteiger partial charge in [-0.25, -0.2) is 14.6 Å². The Morgan fingerprint density at radius 2 is 1.60 bits per heavy atom. The molecule has 0 atom stereocenters. The predicted octanol–water partition coefficient (Wildman–Crippen LogP) is -0.314. The van der Waals surface area contributed by atoms with Crippen molar-refractivity contribution in [2.75, 3.05) is 13.1 Å². The summed E-state index contributed by atoms with van der Waals surface area (Å²) in [6.45, 7) is 0.645. The Hall–Kier alpha value is -1.75. The van der Waals surface area contributed by atoms with E-state index >= 15 is 0 Å². The second-order valence-corrected chi connectivity index (χ2v) is 1.79. The zero-order valence-electron chi connectivity index (χ0n) is 5.11. The fraction of sp³-hybridized carbons (Fsp3) is 0.400. The molecule has 0 saturated carbocycles. The minimum absolute atomic E-state index is 0.322. The first-order chi connectivity index (χ1) is 4.79. The Labute approximate surface area is 57.7 Å². The lowest BCUT2D eigenvalue weighted by Gasteiger charge is -2.01. The molecule has 0 spiro atoms. The van der Waals surface area contributed by atoms with Gasteiger partial charge in [-0.2, -0.15) is 10.5 Å². The van der Waals surface area contributed by atoms with Gasteiger partial charge in [0.05, 0.1) is 13.1 Å². The quantitative estimate of drug-likeness (QED) is 0.428. The van der Waals surface area contributed by atoms with E-state index in [-0.39, 0.29) is 0 Å². The molecular weight excluding hydrogens is 132 g/mol. The zero-order valence-corrected chi connectivity index (χ0v) is 5.11. The first kappa shape index (κ1) is 6.37. The number of nitriles is 2. The highest BCUT2D eigenvalue weighted by Gasteiger charge is 2.27. The summed E-state index contributed by atoms with van der Waals surface area (Å²) in [5.74, 6) is 0. The SMILES string of the molecule is N#CN1CCN(C#N)C1=O. The summed E-state index contributed by atoms with van der Waals surface area (Å²) >= 11 is 0. The van der Waals surface area contributed by atoms with E-state index in [4.69, 9.17) is 10.5 Å². The lowest BCUT2D eigenvalue weighted by Crippen LogP contribution is -2.24. The number of carbonyl (C=O) groups is 1. The van der Waals surface area contributed by atoms with Crippen molar-refractivity contribution in [3.63, 3.8) is 0 Å². The normalized spacial score (nSPS) is 16.8. The van der Waals surface area contributed by atoms with Gasteiger partial charge in [0.25, 0.3) is 0 Å². The van der Waals surface area contributed by atoms with Crippen molar-refractivity contribution >= 4 is 6.03 Å². The predicted molar refractivity (Wildman–Crippen MR) is 30.0 cm³/mol. The highest BCUT2D eigenvalue weighted by Crippen LogP contribution is 2.04. The van der Waals surface area contributed by atoms with E-state index in [0.717, 1.165) is 9.80 Å². The maximum Gasteiger partial charge on any atom is 0.346 e. The monoisotopic (exact) mass is 136 g/mol. The average Bonchev–Trinajstić information content (AvgIpc) is 2.30. The topological polar surface area (TPSA) is 71.1 Å². The molecule has 5 heteroatoms. The molecule has 50 valence electrons. The van der Waals surface area contributed by atoms with Gasteiger partial charge in [-0.05, 0) is 0 Å². The summed E-state index contributed by atoms with van der Waals surface area (Å²) in [5.41, 5.74) is 0. The molecule has 0 aromatic heterocycles. The number of rotatable bonds is 0. The molecule has 0 aromatic carbocycles. The van der Waals surface area contributed by atoms with E-state index in [9.17, 15) is 4.79 Å². The van der Waals surface area contributed by atoms with Crippen molar-refractivity contribution in [2.24, 2.45) is 0 Å². The second-order valence-electron chi connectivity index (χ2n) is 1.79. The molecule has 0 radical (unpaired) electrons. The van der Waals surface area contributed by atoms with Crippen molar-refractivity contribution in [1.29, 1.82) is 10.5 Å². The summed E-state index contributed by atoms with van der Waals surface area (Å²) in [6.07, 6.45) is 3.34. The molecule has 1 aliphatic rings. The lowest BCUT2D eigenvalue weighted by atomic mass is 10.6. The van der Waals surface area contributed by atoms with Crippen LogP contribution in [0.3, 0.4) is 0 Å². The van der Waals surface area contributed by atoms with Gasteiger partial charge >= 0.3 is 6.03 Å². The van der Waals surface area contributed by atoms with Gasteiger partial charge < -0.3 is 0 Å². The highest BCUT2D eigenvalue weighted by molar-refractivity contribution is 5.79. The Balaban J connectivity index is 2.72. The minimum atomic E-state index is -0.523. The van der Waals surface area contributed by atoms with Crippen LogP contribution in [-0.4, -0.2) is 28.9 Å². The standard InChI is InChI=1S/C5H4N4O/c6-3-8-1-2-9(4-7)5(8)10/h1-2H2. The maximum atomic E-state index is 10.8. The molecule has 1 aliphatic heterocycles. The molecule has 2 amide bonds. The Bertz CT molecular complexity index is 211. The molecule has 1 saturated heterocycles. The molecule has 1 heterocycles. The molecule has 5 nitrogen and oxygen atoms in total. The van der Waals surface area contributed by atoms with Crippen molar-refractivity contribution in [2.45, 2.75) is 0 Å². The Morgan fingerprint density at radius 1 is 1.20 bits per heavy atom. The molecule has 0 aliphatic carbocycles. The number of hydrogen-bond acceptors (Lipinski definition) is 3. The molecule has 0 unspecified atom stereocenters. The average molecular weight is 136 g/mol. The Morgan fingerprint density at radius 3 is 1.80 bits per heavy atom. The van der Waals surface area contributed by atoms with E-state index in [1.807, 2.05) is 0 Å². The highest BCUT2D eigenvalue weighted by atomic mass is 16.2. The summed E-state index contributed by atoms with van der Waals surface area (Å²) in [6, 6.07) is -0.523. The third-order valence-electron chi connectivity index (χ3n) is 1.25. The van der Waals surface area contributed by atoms with Crippen LogP contribution in [0.1, 0.15) is 0 Å². The number of hydrogen-bond donors (Lipinski definition) is 0. The van der Waals surface area contributed by atoms with Crippen molar-refractivity contribution in [1.82, 2.24) is 9.80 Å². The second kappa shape index (κ2) is 2.24. The first-order valence-electron chi connectivity index (χ1n) is 2.68. The number of urea groups is 1. The molecule has 0 aromatic rings. The van der Waals surface area contributed by atoms with Gasteiger partial charge in [-0.15, -0.1) is 0 Å². The summed E-state index contributed by atoms with van der Waals surface area (Å²) < 4.78 is 0. The summed E-state index contributed by atoms with van der Waals surface area (Å²) in [4.78, 5) is 12.7. The van der Waals surface area contributed by atoms with E-state index in [1.54, 1.807) is 12.4 Å². The van der Waals surface area contributed by atoms with Crippen LogP contribution in [0.4, 0.5) is 4.79 Å². The van der Waals surface area contributed by atoms with Gasteiger partial charge in [-0.1, -0.05) is 0 Å². The summed E-state index contributed by atoms with van der Waals surface area (Å²) in [5, 5.41) is 16.5. The van der Waals surface area contributed by atoms with Gasteiger partial charge in [0.2, 0.25) is 0 Å². The molecule has 1 rings (SSSR count). The van der Waals surface area contributed by atoms with Crippen molar-refractivity contribution in [3.05, 3.63) is 0 Å². The number of amides is 2. The van der Waals surface area contributed by atoms with Crippen LogP contribution in [-0.2, 0) is 0 Å². The van der Waals surface area contributed by atoms with Crippen LogP contribution in [0.5, 0.6) is 0 Å². The third kappa shape index (κ3) is 0.741. The molecule has 0 bridgehead atoms. The van der Waals surface area contributed by atoms with Crippen LogP contribution in [0.15, 0.2) is 0 Å². The molecule has 0 N–H and O–H groups in total. The number of carbonyl (C=O) groups excluding carboxylic acids is 1. The fourth-order valence-electron chi connectivity index (χ4n) is 0.723. The molecule has 10 heavy (non-hydrogen) atoms.